The van der Waals surface area contributed by atoms with Crippen LogP contribution in [-0.2, 0) is 20.9 Å². The lowest BCUT2D eigenvalue weighted by Crippen LogP contribution is -2.44. The highest BCUT2D eigenvalue weighted by Crippen LogP contribution is 2.43. The summed E-state index contributed by atoms with van der Waals surface area (Å²) in [6, 6.07) is 9.92. The van der Waals surface area contributed by atoms with Gasteiger partial charge in [-0.3, -0.25) is 4.79 Å². The molecule has 4 atom stereocenters. The van der Waals surface area contributed by atoms with Crippen molar-refractivity contribution < 1.29 is 14.3 Å². The molecule has 2 bridgehead atoms. The second kappa shape index (κ2) is 5.22. The Morgan fingerprint density at radius 1 is 1.50 bits per heavy atom. The maximum Gasteiger partial charge on any atom is 0.313 e. The first-order valence-corrected chi connectivity index (χ1v) is 7.28. The molecule has 0 aromatic heterocycles. The largest absolute Gasteiger partial charge is 0.460 e. The lowest BCUT2D eigenvalue weighted by Gasteiger charge is -2.30. The minimum absolute atomic E-state index is 0.0676. The van der Waals surface area contributed by atoms with Gasteiger partial charge in [-0.15, -0.1) is 0 Å². The van der Waals surface area contributed by atoms with Gasteiger partial charge in [-0.1, -0.05) is 37.3 Å². The van der Waals surface area contributed by atoms with Crippen molar-refractivity contribution in [3.8, 4) is 0 Å². The van der Waals surface area contributed by atoms with Crippen LogP contribution in [0.2, 0.25) is 0 Å². The van der Waals surface area contributed by atoms with E-state index in [1.165, 1.54) is 0 Å². The van der Waals surface area contributed by atoms with Crippen LogP contribution in [0.25, 0.3) is 0 Å². The predicted octanol–water partition coefficient (Wildman–Crippen LogP) is 0.456. The molecular formula is C15H20BNO3. The highest BCUT2D eigenvalue weighted by atomic mass is 16.6. The van der Waals surface area contributed by atoms with Gasteiger partial charge in [0.25, 0.3) is 0 Å². The lowest BCUT2D eigenvalue weighted by atomic mass is 9.83. The van der Waals surface area contributed by atoms with Crippen LogP contribution in [0.3, 0.4) is 0 Å². The third-order valence-electron chi connectivity index (χ3n) is 4.57. The number of nitrogens with one attached hydrogen (secondary N) is 1. The molecule has 1 aromatic rings. The molecule has 2 aliphatic heterocycles. The molecule has 2 fully saturated rings. The van der Waals surface area contributed by atoms with Crippen LogP contribution >= 0.6 is 0 Å². The third-order valence-corrected chi connectivity index (χ3v) is 4.57. The molecule has 20 heavy (non-hydrogen) atoms. The minimum atomic E-state index is -0.377. The van der Waals surface area contributed by atoms with E-state index in [2.05, 4.69) is 12.2 Å². The standard InChI is InChI=1S/C15H20BNO3/c1-2-15-9-17-12(13(16)20-15)11(15)14(18)19-8-10-6-4-3-5-7-10/h3-7,11-13,17H,2,8-9,16H2,1H3/t11-,12?,13+,15-/m0/s1. The lowest BCUT2D eigenvalue weighted by molar-refractivity contribution is -0.155. The van der Waals surface area contributed by atoms with E-state index in [0.29, 0.717) is 6.61 Å². The van der Waals surface area contributed by atoms with Gasteiger partial charge in [0.15, 0.2) is 0 Å². The Hall–Kier alpha value is -1.33. The summed E-state index contributed by atoms with van der Waals surface area (Å²) in [5.41, 5.74) is 0.636. The van der Waals surface area contributed by atoms with Crippen molar-refractivity contribution in [1.29, 1.82) is 0 Å². The molecule has 0 spiro atoms. The van der Waals surface area contributed by atoms with Gasteiger partial charge in [0.2, 0.25) is 0 Å². The fraction of sp³-hybridized carbons (Fsp3) is 0.533. The Kier molecular flexibility index (Phi) is 3.56. The Labute approximate surface area is 120 Å². The topological polar surface area (TPSA) is 47.6 Å². The molecule has 0 aliphatic carbocycles. The number of carbonyl (C=O) groups is 1. The maximum atomic E-state index is 12.4. The Balaban J connectivity index is 1.68. The molecule has 0 amide bonds. The van der Waals surface area contributed by atoms with Crippen molar-refractivity contribution >= 4 is 13.8 Å². The van der Waals surface area contributed by atoms with Gasteiger partial charge in [-0.25, -0.2) is 0 Å². The average Bonchev–Trinajstić information content (AvgIpc) is 2.98. The van der Waals surface area contributed by atoms with Crippen LogP contribution in [-0.4, -0.2) is 38.0 Å². The smallest absolute Gasteiger partial charge is 0.313 e. The molecule has 0 saturated carbocycles. The van der Waals surface area contributed by atoms with Crippen molar-refractivity contribution in [3.63, 3.8) is 0 Å². The number of morpholine rings is 1. The molecule has 4 nitrogen and oxygen atoms in total. The number of esters is 1. The first kappa shape index (κ1) is 13.6. The SMILES string of the molecule is B[C@@H]1O[C@@]2(CC)CNC1[C@H]2C(=O)OCc1ccccc1. The van der Waals surface area contributed by atoms with E-state index in [1.54, 1.807) is 0 Å². The summed E-state index contributed by atoms with van der Waals surface area (Å²) in [5.74, 6) is -0.332. The zero-order chi connectivity index (χ0) is 14.2. The Morgan fingerprint density at radius 2 is 2.25 bits per heavy atom. The van der Waals surface area contributed by atoms with E-state index < -0.39 is 0 Å². The van der Waals surface area contributed by atoms with E-state index in [-0.39, 0.29) is 29.5 Å². The first-order chi connectivity index (χ1) is 9.66. The monoisotopic (exact) mass is 273 g/mol. The number of fused-ring (bicyclic) bond motifs is 2. The number of hydrogen-bond acceptors (Lipinski definition) is 4. The molecule has 1 unspecified atom stereocenters. The molecule has 2 heterocycles. The Morgan fingerprint density at radius 3 is 2.90 bits per heavy atom. The van der Waals surface area contributed by atoms with E-state index in [0.717, 1.165) is 18.5 Å². The van der Waals surface area contributed by atoms with Crippen molar-refractivity contribution in [2.24, 2.45) is 5.92 Å². The third kappa shape index (κ3) is 2.15. The van der Waals surface area contributed by atoms with Crippen LogP contribution in [0.15, 0.2) is 30.3 Å². The van der Waals surface area contributed by atoms with E-state index in [1.807, 2.05) is 38.2 Å². The summed E-state index contributed by atoms with van der Waals surface area (Å²) >= 11 is 0. The number of rotatable bonds is 4. The number of hydrogen-bond donors (Lipinski definition) is 1. The molecular weight excluding hydrogens is 253 g/mol. The first-order valence-electron chi connectivity index (χ1n) is 7.28. The molecule has 2 saturated heterocycles. The van der Waals surface area contributed by atoms with Crippen LogP contribution in [0, 0.1) is 5.92 Å². The van der Waals surface area contributed by atoms with Crippen molar-refractivity contribution in [1.82, 2.24) is 5.32 Å². The summed E-state index contributed by atoms with van der Waals surface area (Å²) in [4.78, 5) is 12.4. The number of benzene rings is 1. The molecule has 1 N–H and O–H groups in total. The van der Waals surface area contributed by atoms with Gasteiger partial charge < -0.3 is 14.8 Å². The number of carbonyl (C=O) groups excluding carboxylic acids is 1. The van der Waals surface area contributed by atoms with Crippen molar-refractivity contribution in [3.05, 3.63) is 35.9 Å². The zero-order valence-corrected chi connectivity index (χ0v) is 12.0. The minimum Gasteiger partial charge on any atom is -0.460 e. The summed E-state index contributed by atoms with van der Waals surface area (Å²) in [6.07, 6.45) is 0.825. The van der Waals surface area contributed by atoms with Crippen LogP contribution in [0.1, 0.15) is 18.9 Å². The summed E-state index contributed by atoms with van der Waals surface area (Å²) in [6.45, 7) is 3.14. The van der Waals surface area contributed by atoms with Crippen molar-refractivity contribution in [2.45, 2.75) is 37.6 Å². The molecule has 2 aliphatic rings. The van der Waals surface area contributed by atoms with Crippen LogP contribution in [0.4, 0.5) is 0 Å². The summed E-state index contributed by atoms with van der Waals surface area (Å²) in [5, 5.41) is 3.40. The van der Waals surface area contributed by atoms with Gasteiger partial charge in [0.05, 0.1) is 5.60 Å². The van der Waals surface area contributed by atoms with Gasteiger partial charge in [-0.2, -0.15) is 0 Å². The zero-order valence-electron chi connectivity index (χ0n) is 12.0. The Bertz CT molecular complexity index is 495. The molecule has 3 rings (SSSR count). The normalized spacial score (nSPS) is 35.1. The van der Waals surface area contributed by atoms with Gasteiger partial charge in [0, 0.05) is 18.6 Å². The highest BCUT2D eigenvalue weighted by Gasteiger charge is 2.60. The van der Waals surface area contributed by atoms with E-state index in [9.17, 15) is 4.79 Å². The van der Waals surface area contributed by atoms with Gasteiger partial charge >= 0.3 is 5.97 Å². The van der Waals surface area contributed by atoms with E-state index >= 15 is 0 Å². The van der Waals surface area contributed by atoms with Crippen LogP contribution in [0.5, 0.6) is 0 Å². The van der Waals surface area contributed by atoms with Gasteiger partial charge in [-0.05, 0) is 12.0 Å². The fourth-order valence-electron chi connectivity index (χ4n) is 3.45. The second-order valence-electron chi connectivity index (χ2n) is 5.72. The molecule has 1 aromatic carbocycles. The average molecular weight is 273 g/mol. The number of ether oxygens (including phenoxy) is 2. The quantitative estimate of drug-likeness (QED) is 0.639. The van der Waals surface area contributed by atoms with E-state index in [4.69, 9.17) is 9.47 Å². The maximum absolute atomic E-state index is 12.4. The van der Waals surface area contributed by atoms with Crippen LogP contribution < -0.4 is 5.32 Å². The van der Waals surface area contributed by atoms with Crippen molar-refractivity contribution in [2.75, 3.05) is 6.54 Å². The van der Waals surface area contributed by atoms with Gasteiger partial charge in [0.1, 0.15) is 20.4 Å². The fourth-order valence-corrected chi connectivity index (χ4v) is 3.45. The second-order valence-corrected chi connectivity index (χ2v) is 5.72. The summed E-state index contributed by atoms with van der Waals surface area (Å²) in [7, 11) is 2.02. The predicted molar refractivity (Wildman–Crippen MR) is 78.0 cm³/mol. The molecule has 0 radical (unpaired) electrons. The summed E-state index contributed by atoms with van der Waals surface area (Å²) < 4.78 is 11.5. The highest BCUT2D eigenvalue weighted by molar-refractivity contribution is 6.12. The molecule has 5 heteroatoms. The molecule has 106 valence electrons.